The fraction of sp³-hybridized carbons (Fsp3) is 0.250. The number of aryl methyl sites for hydroxylation is 3. The summed E-state index contributed by atoms with van der Waals surface area (Å²) in [5.41, 5.74) is 3.83. The van der Waals surface area contributed by atoms with Gasteiger partial charge in [0.05, 0.1) is 12.2 Å². The molecule has 1 N–H and O–H groups in total. The van der Waals surface area contributed by atoms with Gasteiger partial charge >= 0.3 is 5.97 Å². The number of carbonyl (C=O) groups is 1. The van der Waals surface area contributed by atoms with E-state index in [1.807, 2.05) is 45.0 Å². The van der Waals surface area contributed by atoms with Crippen molar-refractivity contribution >= 4 is 5.97 Å². The van der Waals surface area contributed by atoms with E-state index in [0.717, 1.165) is 22.4 Å². The lowest BCUT2D eigenvalue weighted by atomic mass is 10.1. The smallest absolute Gasteiger partial charge is 0.358 e. The van der Waals surface area contributed by atoms with Crippen molar-refractivity contribution in [3.63, 3.8) is 0 Å². The van der Waals surface area contributed by atoms with Crippen molar-refractivity contribution in [3.05, 3.63) is 52.5 Å². The Labute approximate surface area is 132 Å². The SMILES string of the molecule is Cc1cccc(-c2c(C(=O)O)nnn2Cc2c(C)noc2C)c1. The van der Waals surface area contributed by atoms with E-state index in [1.54, 1.807) is 4.68 Å². The second-order valence-electron chi connectivity index (χ2n) is 5.42. The van der Waals surface area contributed by atoms with E-state index in [4.69, 9.17) is 4.52 Å². The maximum Gasteiger partial charge on any atom is 0.358 e. The van der Waals surface area contributed by atoms with Crippen LogP contribution >= 0.6 is 0 Å². The quantitative estimate of drug-likeness (QED) is 0.795. The molecule has 0 bridgehead atoms. The van der Waals surface area contributed by atoms with Crippen LogP contribution in [0.25, 0.3) is 11.3 Å². The predicted octanol–water partition coefficient (Wildman–Crippen LogP) is 2.60. The molecule has 2 aromatic heterocycles. The molecule has 3 aromatic rings. The van der Waals surface area contributed by atoms with E-state index in [1.165, 1.54) is 0 Å². The van der Waals surface area contributed by atoms with Crippen molar-refractivity contribution in [2.75, 3.05) is 0 Å². The van der Waals surface area contributed by atoms with Gasteiger partial charge in [-0.1, -0.05) is 34.1 Å². The zero-order valence-corrected chi connectivity index (χ0v) is 13.1. The van der Waals surface area contributed by atoms with Crippen LogP contribution in [-0.2, 0) is 6.54 Å². The van der Waals surface area contributed by atoms with Gasteiger partial charge in [-0.15, -0.1) is 5.10 Å². The minimum absolute atomic E-state index is 0.0673. The van der Waals surface area contributed by atoms with E-state index in [0.29, 0.717) is 18.0 Å². The Hall–Kier alpha value is -2.96. The molecule has 0 amide bonds. The Morgan fingerprint density at radius 1 is 1.30 bits per heavy atom. The molecule has 0 saturated heterocycles. The summed E-state index contributed by atoms with van der Waals surface area (Å²) in [5, 5.41) is 21.2. The average molecular weight is 312 g/mol. The molecule has 0 spiro atoms. The number of hydrogen-bond donors (Lipinski definition) is 1. The van der Waals surface area contributed by atoms with Crippen LogP contribution in [0.4, 0.5) is 0 Å². The number of benzene rings is 1. The van der Waals surface area contributed by atoms with Gasteiger partial charge in [-0.05, 0) is 26.8 Å². The minimum atomic E-state index is -1.11. The standard InChI is InChI=1S/C16H16N4O3/c1-9-5-4-6-12(7-9)15-14(16(21)22)17-19-20(15)8-13-10(2)18-23-11(13)3/h4-7H,8H2,1-3H3,(H,21,22). The van der Waals surface area contributed by atoms with Crippen LogP contribution in [0.3, 0.4) is 0 Å². The van der Waals surface area contributed by atoms with Gasteiger partial charge in [0.1, 0.15) is 11.5 Å². The molecule has 23 heavy (non-hydrogen) atoms. The van der Waals surface area contributed by atoms with Crippen molar-refractivity contribution in [3.8, 4) is 11.3 Å². The van der Waals surface area contributed by atoms with Gasteiger partial charge in [-0.3, -0.25) is 0 Å². The van der Waals surface area contributed by atoms with Gasteiger partial charge in [-0.25, -0.2) is 9.48 Å². The first-order chi connectivity index (χ1) is 11.0. The fourth-order valence-electron chi connectivity index (χ4n) is 2.52. The minimum Gasteiger partial charge on any atom is -0.476 e. The summed E-state index contributed by atoms with van der Waals surface area (Å²) in [6.45, 7) is 5.96. The monoisotopic (exact) mass is 312 g/mol. The fourth-order valence-corrected chi connectivity index (χ4v) is 2.52. The average Bonchev–Trinajstić information content (AvgIpc) is 3.06. The predicted molar refractivity (Wildman–Crippen MR) is 82.2 cm³/mol. The van der Waals surface area contributed by atoms with Crippen molar-refractivity contribution in [1.82, 2.24) is 20.2 Å². The number of aromatic carboxylic acids is 1. The van der Waals surface area contributed by atoms with Crippen molar-refractivity contribution < 1.29 is 14.4 Å². The number of nitrogens with zero attached hydrogens (tertiary/aromatic N) is 4. The lowest BCUT2D eigenvalue weighted by molar-refractivity contribution is 0.0691. The number of aromatic nitrogens is 4. The van der Waals surface area contributed by atoms with Crippen molar-refractivity contribution in [2.45, 2.75) is 27.3 Å². The zero-order valence-electron chi connectivity index (χ0n) is 13.1. The third-order valence-electron chi connectivity index (χ3n) is 3.72. The lowest BCUT2D eigenvalue weighted by Crippen LogP contribution is -2.07. The number of carboxylic acids is 1. The first-order valence-corrected chi connectivity index (χ1v) is 7.13. The molecule has 118 valence electrons. The van der Waals surface area contributed by atoms with Gasteiger partial charge in [-0.2, -0.15) is 0 Å². The molecule has 2 heterocycles. The van der Waals surface area contributed by atoms with E-state index >= 15 is 0 Å². The highest BCUT2D eigenvalue weighted by Gasteiger charge is 2.22. The molecule has 0 aliphatic rings. The molecule has 0 aliphatic carbocycles. The third-order valence-corrected chi connectivity index (χ3v) is 3.72. The molecule has 0 fully saturated rings. The lowest BCUT2D eigenvalue weighted by Gasteiger charge is -2.08. The first-order valence-electron chi connectivity index (χ1n) is 7.13. The molecular weight excluding hydrogens is 296 g/mol. The molecule has 0 aliphatic heterocycles. The summed E-state index contributed by atoms with van der Waals surface area (Å²) in [4.78, 5) is 11.5. The summed E-state index contributed by atoms with van der Waals surface area (Å²) in [6, 6.07) is 7.59. The van der Waals surface area contributed by atoms with Gasteiger partial charge in [0.2, 0.25) is 0 Å². The highest BCUT2D eigenvalue weighted by molar-refractivity contribution is 5.92. The first kappa shape index (κ1) is 15.0. The molecule has 7 nitrogen and oxygen atoms in total. The number of rotatable bonds is 4. The zero-order chi connectivity index (χ0) is 16.6. The Kier molecular flexibility index (Phi) is 3.69. The van der Waals surface area contributed by atoms with Gasteiger partial charge in [0.15, 0.2) is 5.69 Å². The second kappa shape index (κ2) is 5.68. The van der Waals surface area contributed by atoms with Crippen LogP contribution < -0.4 is 0 Å². The Balaban J connectivity index is 2.13. The highest BCUT2D eigenvalue weighted by Crippen LogP contribution is 2.25. The van der Waals surface area contributed by atoms with Crippen LogP contribution in [0.5, 0.6) is 0 Å². The Morgan fingerprint density at radius 3 is 2.70 bits per heavy atom. The summed E-state index contributed by atoms with van der Waals surface area (Å²) in [5.74, 6) is -0.420. The van der Waals surface area contributed by atoms with Crippen LogP contribution in [0.2, 0.25) is 0 Å². The van der Waals surface area contributed by atoms with Gasteiger partial charge < -0.3 is 9.63 Å². The summed E-state index contributed by atoms with van der Waals surface area (Å²) < 4.78 is 6.73. The molecule has 0 radical (unpaired) electrons. The highest BCUT2D eigenvalue weighted by atomic mass is 16.5. The van der Waals surface area contributed by atoms with Gasteiger partial charge in [0.25, 0.3) is 0 Å². The normalized spacial score (nSPS) is 10.9. The molecule has 0 unspecified atom stereocenters. The van der Waals surface area contributed by atoms with E-state index in [-0.39, 0.29) is 5.69 Å². The van der Waals surface area contributed by atoms with Crippen LogP contribution in [0.1, 0.15) is 33.1 Å². The summed E-state index contributed by atoms with van der Waals surface area (Å²) in [7, 11) is 0. The topological polar surface area (TPSA) is 94.0 Å². The third kappa shape index (κ3) is 2.73. The van der Waals surface area contributed by atoms with Crippen molar-refractivity contribution in [2.24, 2.45) is 0 Å². The number of hydrogen-bond acceptors (Lipinski definition) is 5. The van der Waals surface area contributed by atoms with E-state index < -0.39 is 5.97 Å². The maximum atomic E-state index is 11.5. The molecule has 3 rings (SSSR count). The summed E-state index contributed by atoms with van der Waals surface area (Å²) >= 11 is 0. The number of carboxylic acid groups (broad SMARTS) is 1. The van der Waals surface area contributed by atoms with E-state index in [9.17, 15) is 9.90 Å². The Bertz CT molecular complexity index is 860. The largest absolute Gasteiger partial charge is 0.476 e. The molecular formula is C16H16N4O3. The molecule has 1 aromatic carbocycles. The van der Waals surface area contributed by atoms with Crippen LogP contribution in [-0.4, -0.2) is 31.2 Å². The van der Waals surface area contributed by atoms with Gasteiger partial charge in [0, 0.05) is 11.1 Å². The molecule has 0 atom stereocenters. The van der Waals surface area contributed by atoms with Crippen LogP contribution in [0.15, 0.2) is 28.8 Å². The van der Waals surface area contributed by atoms with Crippen molar-refractivity contribution in [1.29, 1.82) is 0 Å². The van der Waals surface area contributed by atoms with Crippen LogP contribution in [0, 0.1) is 20.8 Å². The molecule has 0 saturated carbocycles. The molecule has 7 heteroatoms. The van der Waals surface area contributed by atoms with E-state index in [2.05, 4.69) is 15.5 Å². The maximum absolute atomic E-state index is 11.5. The second-order valence-corrected chi connectivity index (χ2v) is 5.42. The Morgan fingerprint density at radius 2 is 2.09 bits per heavy atom. The summed E-state index contributed by atoms with van der Waals surface area (Å²) in [6.07, 6.45) is 0.